The van der Waals surface area contributed by atoms with Gasteiger partial charge in [-0.15, -0.1) is 0 Å². The fourth-order valence-corrected chi connectivity index (χ4v) is 1.65. The van der Waals surface area contributed by atoms with Crippen LogP contribution >= 0.6 is 0 Å². The summed E-state index contributed by atoms with van der Waals surface area (Å²) in [6, 6.07) is 2.33. The second-order valence-electron chi connectivity index (χ2n) is 4.03. The van der Waals surface area contributed by atoms with Gasteiger partial charge in [-0.25, -0.2) is 0 Å². The highest BCUT2D eigenvalue weighted by atomic mass is 16.5. The van der Waals surface area contributed by atoms with Gasteiger partial charge < -0.3 is 9.64 Å². The first kappa shape index (κ1) is 13.5. The molecule has 0 saturated heterocycles. The average Bonchev–Trinajstić information content (AvgIpc) is 3.11. The summed E-state index contributed by atoms with van der Waals surface area (Å²) in [6.07, 6.45) is 2.68. The molecule has 0 aromatic carbocycles. The molecule has 5 heteroatoms. The first-order valence-electron chi connectivity index (χ1n) is 6.01. The Morgan fingerprint density at radius 3 is 2.65 bits per heavy atom. The lowest BCUT2D eigenvalue weighted by molar-refractivity contribution is -0.145. The Morgan fingerprint density at radius 1 is 1.41 bits per heavy atom. The summed E-state index contributed by atoms with van der Waals surface area (Å²) in [6.45, 7) is 2.56. The van der Waals surface area contributed by atoms with Crippen molar-refractivity contribution >= 4 is 11.9 Å². The van der Waals surface area contributed by atoms with E-state index in [0.717, 1.165) is 12.8 Å². The van der Waals surface area contributed by atoms with Gasteiger partial charge in [0.1, 0.15) is 0 Å². The van der Waals surface area contributed by atoms with Crippen LogP contribution < -0.4 is 0 Å². The standard InChI is InChI=1S/C12H18N2O3/c1-2-17-12(16)7-6-11(15)14(9-3-8-13)10-4-5-10/h10H,2-7,9H2,1H3. The van der Waals surface area contributed by atoms with Crippen LogP contribution in [0.5, 0.6) is 0 Å². The van der Waals surface area contributed by atoms with Gasteiger partial charge in [-0.2, -0.15) is 5.26 Å². The van der Waals surface area contributed by atoms with E-state index >= 15 is 0 Å². The van der Waals surface area contributed by atoms with Crippen molar-refractivity contribution in [2.24, 2.45) is 0 Å². The minimum atomic E-state index is -0.336. The fourth-order valence-electron chi connectivity index (χ4n) is 1.65. The number of nitrogens with zero attached hydrogens (tertiary/aromatic N) is 2. The molecule has 0 radical (unpaired) electrons. The Kier molecular flexibility index (Phi) is 5.47. The van der Waals surface area contributed by atoms with Crippen LogP contribution in [0.3, 0.4) is 0 Å². The quantitative estimate of drug-likeness (QED) is 0.625. The van der Waals surface area contributed by atoms with E-state index in [9.17, 15) is 9.59 Å². The highest BCUT2D eigenvalue weighted by Gasteiger charge is 2.31. The van der Waals surface area contributed by atoms with Crippen molar-refractivity contribution in [2.45, 2.75) is 45.1 Å². The van der Waals surface area contributed by atoms with Crippen LogP contribution in [-0.4, -0.2) is 36.0 Å². The van der Waals surface area contributed by atoms with Crippen LogP contribution in [0.1, 0.15) is 39.0 Å². The summed E-state index contributed by atoms with van der Waals surface area (Å²) in [7, 11) is 0. The molecule has 0 aliphatic heterocycles. The third kappa shape index (κ3) is 4.85. The molecule has 0 aromatic rings. The van der Waals surface area contributed by atoms with E-state index in [1.807, 2.05) is 6.07 Å². The second-order valence-corrected chi connectivity index (χ2v) is 4.03. The summed E-state index contributed by atoms with van der Waals surface area (Å²) in [5.74, 6) is -0.382. The van der Waals surface area contributed by atoms with Gasteiger partial charge in [0.25, 0.3) is 0 Å². The van der Waals surface area contributed by atoms with Gasteiger partial charge >= 0.3 is 5.97 Å². The number of rotatable bonds is 7. The molecule has 1 aliphatic rings. The van der Waals surface area contributed by atoms with Gasteiger partial charge in [-0.05, 0) is 19.8 Å². The monoisotopic (exact) mass is 238 g/mol. The number of carbonyl (C=O) groups excluding carboxylic acids is 2. The summed E-state index contributed by atoms with van der Waals surface area (Å²) in [5, 5.41) is 8.53. The number of hydrogen-bond acceptors (Lipinski definition) is 4. The number of ether oxygens (including phenoxy) is 1. The van der Waals surface area contributed by atoms with Gasteiger partial charge in [0.15, 0.2) is 0 Å². The Balaban J connectivity index is 2.32. The summed E-state index contributed by atoms with van der Waals surface area (Å²) in [4.78, 5) is 24.7. The van der Waals surface area contributed by atoms with Crippen molar-refractivity contribution in [1.82, 2.24) is 4.90 Å². The maximum Gasteiger partial charge on any atom is 0.306 e. The van der Waals surface area contributed by atoms with Crippen molar-refractivity contribution in [2.75, 3.05) is 13.2 Å². The minimum absolute atomic E-state index is 0.0456. The van der Waals surface area contributed by atoms with Crippen LogP contribution in [0, 0.1) is 11.3 Å². The maximum absolute atomic E-state index is 11.8. The lowest BCUT2D eigenvalue weighted by Gasteiger charge is -2.20. The van der Waals surface area contributed by atoms with Crippen LogP contribution in [0.25, 0.3) is 0 Å². The van der Waals surface area contributed by atoms with Crippen molar-refractivity contribution in [3.63, 3.8) is 0 Å². The Morgan fingerprint density at radius 2 is 2.12 bits per heavy atom. The predicted molar refractivity (Wildman–Crippen MR) is 60.8 cm³/mol. The normalized spacial score (nSPS) is 13.9. The smallest absolute Gasteiger partial charge is 0.306 e. The lowest BCUT2D eigenvalue weighted by atomic mass is 10.2. The van der Waals surface area contributed by atoms with Gasteiger partial charge in [0.2, 0.25) is 5.91 Å². The van der Waals surface area contributed by atoms with E-state index in [0.29, 0.717) is 19.6 Å². The zero-order valence-corrected chi connectivity index (χ0v) is 10.1. The first-order chi connectivity index (χ1) is 8.19. The number of amides is 1. The molecule has 0 atom stereocenters. The molecule has 0 unspecified atom stereocenters. The Hall–Kier alpha value is -1.57. The molecule has 1 amide bonds. The van der Waals surface area contributed by atoms with Gasteiger partial charge in [0.05, 0.1) is 25.5 Å². The zero-order valence-electron chi connectivity index (χ0n) is 10.1. The topological polar surface area (TPSA) is 70.4 Å². The average molecular weight is 238 g/mol. The molecular weight excluding hydrogens is 220 g/mol. The molecule has 1 aliphatic carbocycles. The van der Waals surface area contributed by atoms with Crippen LogP contribution in [0.2, 0.25) is 0 Å². The minimum Gasteiger partial charge on any atom is -0.466 e. The molecule has 1 fully saturated rings. The summed E-state index contributed by atoms with van der Waals surface area (Å²) >= 11 is 0. The third-order valence-electron chi connectivity index (χ3n) is 2.62. The van der Waals surface area contributed by atoms with E-state index in [-0.39, 0.29) is 30.8 Å². The lowest BCUT2D eigenvalue weighted by Crippen LogP contribution is -2.34. The highest BCUT2D eigenvalue weighted by molar-refractivity contribution is 5.81. The molecule has 17 heavy (non-hydrogen) atoms. The second kappa shape index (κ2) is 6.89. The third-order valence-corrected chi connectivity index (χ3v) is 2.62. The summed E-state index contributed by atoms with van der Waals surface area (Å²) < 4.78 is 4.77. The van der Waals surface area contributed by atoms with Crippen LogP contribution in [0.15, 0.2) is 0 Å². The molecule has 0 bridgehead atoms. The predicted octanol–water partition coefficient (Wildman–Crippen LogP) is 1.23. The highest BCUT2D eigenvalue weighted by Crippen LogP contribution is 2.27. The fraction of sp³-hybridized carbons (Fsp3) is 0.750. The van der Waals surface area contributed by atoms with E-state index in [2.05, 4.69) is 0 Å². The van der Waals surface area contributed by atoms with Crippen molar-refractivity contribution in [3.8, 4) is 6.07 Å². The first-order valence-corrected chi connectivity index (χ1v) is 6.01. The molecule has 0 spiro atoms. The van der Waals surface area contributed by atoms with Crippen LogP contribution in [-0.2, 0) is 14.3 Å². The van der Waals surface area contributed by atoms with Crippen molar-refractivity contribution in [1.29, 1.82) is 5.26 Å². The molecule has 94 valence electrons. The molecule has 5 nitrogen and oxygen atoms in total. The van der Waals surface area contributed by atoms with E-state index in [1.54, 1.807) is 11.8 Å². The largest absolute Gasteiger partial charge is 0.466 e. The van der Waals surface area contributed by atoms with E-state index < -0.39 is 0 Å². The number of hydrogen-bond donors (Lipinski definition) is 0. The van der Waals surface area contributed by atoms with Gasteiger partial charge in [-0.1, -0.05) is 0 Å². The molecule has 1 saturated carbocycles. The van der Waals surface area contributed by atoms with Crippen molar-refractivity contribution < 1.29 is 14.3 Å². The van der Waals surface area contributed by atoms with Gasteiger partial charge in [0, 0.05) is 19.0 Å². The van der Waals surface area contributed by atoms with Gasteiger partial charge in [-0.3, -0.25) is 9.59 Å². The molecule has 0 heterocycles. The van der Waals surface area contributed by atoms with E-state index in [1.165, 1.54) is 0 Å². The molecule has 1 rings (SSSR count). The number of nitriles is 1. The molecular formula is C12H18N2O3. The molecule has 0 aromatic heterocycles. The van der Waals surface area contributed by atoms with E-state index in [4.69, 9.17) is 10.00 Å². The maximum atomic E-state index is 11.8. The number of esters is 1. The molecule has 0 N–H and O–H groups in total. The number of carbonyl (C=O) groups is 2. The zero-order chi connectivity index (χ0) is 12.7. The van der Waals surface area contributed by atoms with Crippen LogP contribution in [0.4, 0.5) is 0 Å². The Bertz CT molecular complexity index is 318. The van der Waals surface area contributed by atoms with Crippen molar-refractivity contribution in [3.05, 3.63) is 0 Å². The summed E-state index contributed by atoms with van der Waals surface area (Å²) in [5.41, 5.74) is 0. The Labute approximate surface area is 101 Å². The SMILES string of the molecule is CCOC(=O)CCC(=O)N(CCC#N)C1CC1.